The van der Waals surface area contributed by atoms with Gasteiger partial charge in [0.25, 0.3) is 19.1 Å². The highest BCUT2D eigenvalue weighted by Gasteiger charge is 2.31. The molecule has 27 heteroatoms. The Kier molecular flexibility index (Phi) is 16.4. The fraction of sp³-hybridized carbons (Fsp3) is 0.429. The van der Waals surface area contributed by atoms with Gasteiger partial charge in [0.05, 0.1) is 38.6 Å². The van der Waals surface area contributed by atoms with Crippen LogP contribution in [0.3, 0.4) is 0 Å². The van der Waals surface area contributed by atoms with Gasteiger partial charge >= 0.3 is 47.4 Å². The Balaban J connectivity index is 0.000000314. The van der Waals surface area contributed by atoms with E-state index in [9.17, 15) is 45.6 Å². The van der Waals surface area contributed by atoms with Crippen LogP contribution in [0.1, 0.15) is 58.2 Å². The topological polar surface area (TPSA) is 291 Å². The van der Waals surface area contributed by atoms with Crippen LogP contribution in [0.15, 0.2) is 30.1 Å². The van der Waals surface area contributed by atoms with E-state index in [1.165, 1.54) is 36.5 Å². The van der Waals surface area contributed by atoms with E-state index in [0.29, 0.717) is 20.8 Å². The Morgan fingerprint density at radius 1 is 0.764 bits per heavy atom. The van der Waals surface area contributed by atoms with E-state index in [2.05, 4.69) is 10.2 Å². The Bertz CT molecular complexity index is 2390. The molecule has 0 aliphatic rings. The zero-order valence-corrected chi connectivity index (χ0v) is 34.5. The summed E-state index contributed by atoms with van der Waals surface area (Å²) in [5.74, 6) is -1.50. The van der Waals surface area contributed by atoms with Gasteiger partial charge < -0.3 is 24.7 Å². The highest BCUT2D eigenvalue weighted by Crippen LogP contribution is 2.30. The van der Waals surface area contributed by atoms with E-state index in [1.807, 2.05) is 0 Å². The summed E-state index contributed by atoms with van der Waals surface area (Å²) in [7, 11) is -0.522. The number of aromatic nitrogens is 6. The number of rotatable bonds is 11. The quantitative estimate of drug-likeness (QED) is 0.160. The van der Waals surface area contributed by atoms with Gasteiger partial charge in [0.1, 0.15) is 9.79 Å². The van der Waals surface area contributed by atoms with Crippen molar-refractivity contribution >= 4 is 76.4 Å². The monoisotopic (exact) mass is 872 g/mol. The van der Waals surface area contributed by atoms with E-state index in [4.69, 9.17) is 35.4 Å². The van der Waals surface area contributed by atoms with Crippen molar-refractivity contribution in [2.45, 2.75) is 64.4 Å². The molecule has 0 saturated heterocycles. The van der Waals surface area contributed by atoms with Gasteiger partial charge in [-0.1, -0.05) is 0 Å². The third kappa shape index (κ3) is 10.8. The van der Waals surface area contributed by atoms with Gasteiger partial charge in [0, 0.05) is 44.3 Å². The van der Waals surface area contributed by atoms with Crippen LogP contribution in [0.2, 0.25) is 0 Å². The second-order valence-electron chi connectivity index (χ2n) is 10.0. The summed E-state index contributed by atoms with van der Waals surface area (Å²) in [4.78, 5) is 70.1. The molecule has 0 bridgehead atoms. The van der Waals surface area contributed by atoms with Crippen molar-refractivity contribution in [3.05, 3.63) is 52.6 Å². The minimum absolute atomic E-state index is 0.00866. The minimum atomic E-state index is -4.46. The first-order valence-electron chi connectivity index (χ1n) is 15.5. The van der Waals surface area contributed by atoms with Crippen molar-refractivity contribution in [2.75, 3.05) is 27.4 Å². The SMILES string of the molecule is CCOC(=O)c1csc(C)c1S(=O)(=O)Cl.CCOC(=O)c1csc(C)c1S(=O)(=O)NC(=O)n1nc(OC)n(CC)c1=O.CCn1c(OC)nn(C(N)=O)c1=O. The number of methoxy groups -OCH3 is 2. The lowest BCUT2D eigenvalue weighted by Gasteiger charge is -2.08. The van der Waals surface area contributed by atoms with Gasteiger partial charge in [-0.25, -0.2) is 59.5 Å². The lowest BCUT2D eigenvalue weighted by molar-refractivity contribution is 0.0513. The zero-order valence-electron chi connectivity index (χ0n) is 30.5. The number of ether oxygens (including phenoxy) is 4. The first kappa shape index (κ1) is 46.1. The summed E-state index contributed by atoms with van der Waals surface area (Å²) in [6.07, 6.45) is 0. The second-order valence-corrected chi connectivity index (χ2v) is 16.3. The third-order valence-corrected chi connectivity index (χ3v) is 11.7. The number of nitrogens with two attached hydrogens (primary N) is 1. The normalized spacial score (nSPS) is 11.0. The summed E-state index contributed by atoms with van der Waals surface area (Å²) in [6, 6.07) is -2.29. The standard InChI is InChI=1S/C14H18N4O7S2.C8H9ClO4S2.C6H10N4O3/c1-5-17-13(24-4)15-18(14(17)21)12(20)16-27(22,23)10-8(3)26-7-9(10)11(19)25-6-2;1-3-13-8(10)6-4-14-5(2)7(6)15(9,11)12;1-3-9-5(13-2)8-10(4(7)11)6(9)12/h7H,5-6H2,1-4H3,(H,16,20);4H,3H2,1-2H3;3H2,1-2H3,(H2,7,11). The molecule has 0 aliphatic carbocycles. The van der Waals surface area contributed by atoms with Gasteiger partial charge in [-0.3, -0.25) is 0 Å². The maximum absolute atomic E-state index is 12.7. The number of primary amides is 1. The van der Waals surface area contributed by atoms with Crippen molar-refractivity contribution in [1.82, 2.24) is 33.4 Å². The molecule has 0 fully saturated rings. The molecular weight excluding hydrogens is 836 g/mol. The molecule has 4 heterocycles. The predicted octanol–water partition coefficient (Wildman–Crippen LogP) is 1.73. The van der Waals surface area contributed by atoms with E-state index in [-0.39, 0.29) is 57.6 Å². The largest absolute Gasteiger partial charge is 0.467 e. The van der Waals surface area contributed by atoms with Crippen LogP contribution in [-0.4, -0.2) is 97.0 Å². The molecule has 4 aromatic heterocycles. The molecule has 55 heavy (non-hydrogen) atoms. The maximum Gasteiger partial charge on any atom is 0.360 e. The molecule has 0 aliphatic heterocycles. The number of carbonyl (C=O) groups is 4. The molecule has 0 aromatic carbocycles. The summed E-state index contributed by atoms with van der Waals surface area (Å²) < 4.78 is 71.8. The first-order chi connectivity index (χ1) is 25.7. The Hall–Kier alpha value is -5.05. The van der Waals surface area contributed by atoms with E-state index in [1.54, 1.807) is 39.3 Å². The van der Waals surface area contributed by atoms with Crippen molar-refractivity contribution in [2.24, 2.45) is 5.73 Å². The number of hydrogen-bond donors (Lipinski definition) is 2. The number of hydrogen-bond acceptors (Lipinski definition) is 18. The number of esters is 2. The van der Waals surface area contributed by atoms with Gasteiger partial charge in [0.2, 0.25) is 0 Å². The maximum atomic E-state index is 12.7. The molecule has 2 amide bonds. The number of aryl methyl sites for hydroxylation is 2. The number of sulfonamides is 1. The average Bonchev–Trinajstić information content (AvgIpc) is 3.87. The van der Waals surface area contributed by atoms with Crippen LogP contribution >= 0.6 is 33.4 Å². The minimum Gasteiger partial charge on any atom is -0.467 e. The Morgan fingerprint density at radius 2 is 1.16 bits per heavy atom. The van der Waals surface area contributed by atoms with Gasteiger partial charge in [-0.15, -0.1) is 42.2 Å². The number of carbonyl (C=O) groups excluding carboxylic acids is 4. The van der Waals surface area contributed by atoms with Crippen molar-refractivity contribution in [3.8, 4) is 12.0 Å². The second kappa shape index (κ2) is 19.5. The average molecular weight is 873 g/mol. The van der Waals surface area contributed by atoms with E-state index in [0.717, 1.165) is 27.2 Å². The molecule has 0 unspecified atom stereocenters. The van der Waals surface area contributed by atoms with Crippen LogP contribution in [-0.2, 0) is 41.6 Å². The molecular formula is C28H37ClN8O14S4. The fourth-order valence-corrected chi connectivity index (χ4v) is 9.57. The molecule has 304 valence electrons. The number of thiophene rings is 2. The molecule has 0 spiro atoms. The summed E-state index contributed by atoms with van der Waals surface area (Å²) in [5, 5.41) is 9.98. The highest BCUT2D eigenvalue weighted by atomic mass is 35.7. The van der Waals surface area contributed by atoms with E-state index < -0.39 is 54.5 Å². The lowest BCUT2D eigenvalue weighted by Crippen LogP contribution is -2.41. The van der Waals surface area contributed by atoms with Crippen molar-refractivity contribution in [1.29, 1.82) is 0 Å². The van der Waals surface area contributed by atoms with Crippen LogP contribution in [0.4, 0.5) is 9.59 Å². The lowest BCUT2D eigenvalue weighted by atomic mass is 10.3. The number of halogens is 1. The smallest absolute Gasteiger partial charge is 0.360 e. The van der Waals surface area contributed by atoms with Crippen molar-refractivity contribution < 1.29 is 55.0 Å². The van der Waals surface area contributed by atoms with Crippen molar-refractivity contribution in [3.63, 3.8) is 0 Å². The molecule has 0 saturated carbocycles. The fourth-order valence-electron chi connectivity index (χ4n) is 4.31. The number of nitrogens with zero attached hydrogens (tertiary/aromatic N) is 6. The number of amides is 2. The summed E-state index contributed by atoms with van der Waals surface area (Å²) in [6.45, 7) is 10.4. The molecule has 0 atom stereocenters. The Morgan fingerprint density at radius 3 is 1.53 bits per heavy atom. The number of nitrogens with one attached hydrogen (secondary N) is 1. The Labute approximate surface area is 325 Å². The van der Waals surface area contributed by atoms with Gasteiger partial charge in [-0.2, -0.15) is 0 Å². The zero-order chi connectivity index (χ0) is 42.0. The summed E-state index contributed by atoms with van der Waals surface area (Å²) in [5.41, 5.74) is 3.26. The first-order valence-corrected chi connectivity index (χ1v) is 21.0. The van der Waals surface area contributed by atoms with Crippen LogP contribution in [0.25, 0.3) is 0 Å². The molecule has 0 radical (unpaired) electrons. The van der Waals surface area contributed by atoms with Crippen LogP contribution < -0.4 is 31.3 Å². The van der Waals surface area contributed by atoms with E-state index >= 15 is 0 Å². The van der Waals surface area contributed by atoms with Crippen LogP contribution in [0.5, 0.6) is 12.0 Å². The summed E-state index contributed by atoms with van der Waals surface area (Å²) >= 11 is 2.16. The van der Waals surface area contributed by atoms with Gasteiger partial charge in [-0.05, 0) is 41.5 Å². The molecule has 22 nitrogen and oxygen atoms in total. The van der Waals surface area contributed by atoms with Crippen LogP contribution in [0, 0.1) is 13.8 Å². The predicted molar refractivity (Wildman–Crippen MR) is 197 cm³/mol. The molecule has 4 rings (SSSR count). The third-order valence-electron chi connectivity index (χ3n) is 6.62. The molecule has 3 N–H and O–H groups in total. The molecule has 4 aromatic rings. The highest BCUT2D eigenvalue weighted by molar-refractivity contribution is 8.14. The van der Waals surface area contributed by atoms with Gasteiger partial charge in [0.15, 0.2) is 0 Å².